The molecule has 7 nitrogen and oxygen atoms in total. The average Bonchev–Trinajstić information content (AvgIpc) is 3.43. The van der Waals surface area contributed by atoms with Crippen molar-refractivity contribution in [3.05, 3.63) is 60.0 Å². The number of ether oxygens (including phenoxy) is 2. The van der Waals surface area contributed by atoms with Gasteiger partial charge in [-0.2, -0.15) is 4.98 Å². The first kappa shape index (κ1) is 19.0. The number of aryl methyl sites for hydroxylation is 1. The average molecular weight is 393 g/mol. The molecule has 1 aliphatic heterocycles. The summed E-state index contributed by atoms with van der Waals surface area (Å²) in [6, 6.07) is 14.8. The van der Waals surface area contributed by atoms with Crippen molar-refractivity contribution in [2.24, 2.45) is 0 Å². The Morgan fingerprint density at radius 3 is 2.76 bits per heavy atom. The molecular weight excluding hydrogens is 370 g/mol. The molecule has 0 spiro atoms. The van der Waals surface area contributed by atoms with Crippen LogP contribution in [0.1, 0.15) is 29.6 Å². The molecule has 0 radical (unpaired) electrons. The molecule has 1 amide bonds. The molecule has 2 aromatic carbocycles. The zero-order chi connectivity index (χ0) is 20.2. The molecule has 7 heteroatoms. The molecule has 4 rings (SSSR count). The summed E-state index contributed by atoms with van der Waals surface area (Å²) in [4.78, 5) is 18.9. The van der Waals surface area contributed by atoms with Gasteiger partial charge in [0.1, 0.15) is 17.6 Å². The van der Waals surface area contributed by atoms with Crippen LogP contribution in [0.3, 0.4) is 0 Å². The fraction of sp³-hybridized carbons (Fsp3) is 0.318. The van der Waals surface area contributed by atoms with Gasteiger partial charge in [-0.3, -0.25) is 4.79 Å². The Morgan fingerprint density at radius 1 is 1.21 bits per heavy atom. The minimum Gasteiger partial charge on any atom is -0.497 e. The smallest absolute Gasteiger partial charge is 0.254 e. The lowest BCUT2D eigenvalue weighted by Crippen LogP contribution is -2.30. The van der Waals surface area contributed by atoms with Crippen LogP contribution in [0, 0.1) is 0 Å². The van der Waals surface area contributed by atoms with Crippen molar-refractivity contribution in [2.45, 2.75) is 25.9 Å². The van der Waals surface area contributed by atoms with Crippen LogP contribution in [-0.4, -0.2) is 47.3 Å². The van der Waals surface area contributed by atoms with Gasteiger partial charge in [-0.1, -0.05) is 18.1 Å². The van der Waals surface area contributed by atoms with Gasteiger partial charge in [-0.05, 0) is 42.5 Å². The van der Waals surface area contributed by atoms with Crippen molar-refractivity contribution in [3.8, 4) is 22.9 Å². The van der Waals surface area contributed by atoms with E-state index in [1.807, 2.05) is 48.2 Å². The summed E-state index contributed by atoms with van der Waals surface area (Å²) in [5.74, 6) is 2.62. The normalized spacial score (nSPS) is 16.1. The molecule has 1 aromatic heterocycles. The van der Waals surface area contributed by atoms with Crippen molar-refractivity contribution in [3.63, 3.8) is 0 Å². The summed E-state index contributed by atoms with van der Waals surface area (Å²) in [5, 5.41) is 3.98. The van der Waals surface area contributed by atoms with Crippen LogP contribution in [0.25, 0.3) is 11.4 Å². The van der Waals surface area contributed by atoms with Crippen LogP contribution < -0.4 is 9.47 Å². The highest BCUT2D eigenvalue weighted by Crippen LogP contribution is 2.24. The molecule has 0 bridgehead atoms. The monoisotopic (exact) mass is 393 g/mol. The molecule has 3 aromatic rings. The molecule has 0 N–H and O–H groups in total. The predicted molar refractivity (Wildman–Crippen MR) is 107 cm³/mol. The van der Waals surface area contributed by atoms with Crippen LogP contribution >= 0.6 is 0 Å². The molecule has 1 atom stereocenters. The summed E-state index contributed by atoms with van der Waals surface area (Å²) in [7, 11) is 1.59. The van der Waals surface area contributed by atoms with E-state index in [1.54, 1.807) is 19.2 Å². The molecule has 1 aliphatic rings. The van der Waals surface area contributed by atoms with E-state index < -0.39 is 0 Å². The van der Waals surface area contributed by atoms with Crippen LogP contribution in [0.4, 0.5) is 0 Å². The Kier molecular flexibility index (Phi) is 5.46. The first-order valence-electron chi connectivity index (χ1n) is 9.69. The summed E-state index contributed by atoms with van der Waals surface area (Å²) in [6.07, 6.45) is 1.47. The number of carbonyl (C=O) groups excluding carboxylic acids is 1. The number of hydrogen-bond donors (Lipinski definition) is 0. The maximum Gasteiger partial charge on any atom is 0.254 e. The number of benzene rings is 2. The highest BCUT2D eigenvalue weighted by Gasteiger charge is 2.28. The van der Waals surface area contributed by atoms with E-state index in [0.717, 1.165) is 17.7 Å². The Balaban J connectivity index is 1.36. The third-order valence-corrected chi connectivity index (χ3v) is 4.93. The zero-order valence-electron chi connectivity index (χ0n) is 16.5. The fourth-order valence-electron chi connectivity index (χ4n) is 3.34. The largest absolute Gasteiger partial charge is 0.497 e. The second kappa shape index (κ2) is 8.34. The lowest BCUT2D eigenvalue weighted by atomic mass is 10.2. The third-order valence-electron chi connectivity index (χ3n) is 4.93. The maximum absolute atomic E-state index is 12.7. The van der Waals surface area contributed by atoms with Crippen LogP contribution in [0.15, 0.2) is 53.1 Å². The predicted octanol–water partition coefficient (Wildman–Crippen LogP) is 3.60. The lowest BCUT2D eigenvalue weighted by molar-refractivity contribution is 0.0772. The van der Waals surface area contributed by atoms with Gasteiger partial charge < -0.3 is 18.9 Å². The van der Waals surface area contributed by atoms with Gasteiger partial charge in [-0.25, -0.2) is 0 Å². The van der Waals surface area contributed by atoms with E-state index in [2.05, 4.69) is 10.1 Å². The van der Waals surface area contributed by atoms with Crippen molar-refractivity contribution in [1.82, 2.24) is 15.0 Å². The van der Waals surface area contributed by atoms with Crippen LogP contribution in [-0.2, 0) is 6.42 Å². The van der Waals surface area contributed by atoms with Gasteiger partial charge in [0.15, 0.2) is 0 Å². The fourth-order valence-corrected chi connectivity index (χ4v) is 3.34. The number of aromatic nitrogens is 2. The van der Waals surface area contributed by atoms with E-state index in [0.29, 0.717) is 42.5 Å². The number of carbonyl (C=O) groups is 1. The van der Waals surface area contributed by atoms with Crippen molar-refractivity contribution < 1.29 is 18.8 Å². The number of methoxy groups -OCH3 is 1. The second-order valence-electron chi connectivity index (χ2n) is 6.90. The summed E-state index contributed by atoms with van der Waals surface area (Å²) in [5.41, 5.74) is 1.50. The maximum atomic E-state index is 12.7. The number of likely N-dealkylation sites (tertiary alicyclic amines) is 1. The van der Waals surface area contributed by atoms with Gasteiger partial charge in [0, 0.05) is 30.5 Å². The number of rotatable bonds is 6. The summed E-state index contributed by atoms with van der Waals surface area (Å²) < 4.78 is 16.4. The molecular formula is C22H23N3O4. The zero-order valence-corrected chi connectivity index (χ0v) is 16.5. The van der Waals surface area contributed by atoms with Gasteiger partial charge in [0.2, 0.25) is 11.7 Å². The van der Waals surface area contributed by atoms with E-state index in [1.165, 1.54) is 0 Å². The SMILES string of the molecule is CCc1nc(-c2ccc(OC3CCN(C(=O)c4cccc(OC)c4)C3)cc2)no1. The molecule has 1 saturated heterocycles. The summed E-state index contributed by atoms with van der Waals surface area (Å²) >= 11 is 0. The minimum atomic E-state index is -0.0349. The standard InChI is InChI=1S/C22H23N3O4/c1-3-20-23-21(24-29-20)15-7-9-17(10-8-15)28-19-11-12-25(14-19)22(26)16-5-4-6-18(13-16)27-2/h4-10,13,19H,3,11-12,14H2,1-2H3. The first-order valence-corrected chi connectivity index (χ1v) is 9.69. The second-order valence-corrected chi connectivity index (χ2v) is 6.90. The Labute approximate surface area is 169 Å². The minimum absolute atomic E-state index is 0.00539. The molecule has 1 fully saturated rings. The van der Waals surface area contributed by atoms with Crippen LogP contribution in [0.2, 0.25) is 0 Å². The highest BCUT2D eigenvalue weighted by molar-refractivity contribution is 5.94. The molecule has 0 saturated carbocycles. The van der Waals surface area contributed by atoms with Gasteiger partial charge in [-0.15, -0.1) is 0 Å². The van der Waals surface area contributed by atoms with E-state index in [-0.39, 0.29) is 12.0 Å². The molecule has 1 unspecified atom stereocenters. The van der Waals surface area contributed by atoms with Crippen molar-refractivity contribution >= 4 is 5.91 Å². The van der Waals surface area contributed by atoms with E-state index in [9.17, 15) is 4.79 Å². The van der Waals surface area contributed by atoms with Crippen molar-refractivity contribution in [1.29, 1.82) is 0 Å². The third kappa shape index (κ3) is 4.23. The Hall–Kier alpha value is -3.35. The number of hydrogen-bond acceptors (Lipinski definition) is 6. The van der Waals surface area contributed by atoms with Gasteiger partial charge >= 0.3 is 0 Å². The number of nitrogens with zero attached hydrogens (tertiary/aromatic N) is 3. The molecule has 0 aliphatic carbocycles. The quantitative estimate of drug-likeness (QED) is 0.637. The molecule has 29 heavy (non-hydrogen) atoms. The van der Waals surface area contributed by atoms with Crippen LogP contribution in [0.5, 0.6) is 11.5 Å². The Morgan fingerprint density at radius 2 is 2.03 bits per heavy atom. The van der Waals surface area contributed by atoms with Crippen molar-refractivity contribution in [2.75, 3.05) is 20.2 Å². The van der Waals surface area contributed by atoms with Gasteiger partial charge in [0.25, 0.3) is 5.91 Å². The molecule has 2 heterocycles. The lowest BCUT2D eigenvalue weighted by Gasteiger charge is -2.17. The molecule has 150 valence electrons. The van der Waals surface area contributed by atoms with E-state index >= 15 is 0 Å². The first-order chi connectivity index (χ1) is 14.2. The summed E-state index contributed by atoms with van der Waals surface area (Å²) in [6.45, 7) is 3.20. The number of amides is 1. The Bertz CT molecular complexity index is 984. The highest BCUT2D eigenvalue weighted by atomic mass is 16.5. The topological polar surface area (TPSA) is 77.7 Å². The van der Waals surface area contributed by atoms with E-state index in [4.69, 9.17) is 14.0 Å². The van der Waals surface area contributed by atoms with Gasteiger partial charge in [0.05, 0.1) is 13.7 Å².